The molecule has 0 aliphatic carbocycles. The highest BCUT2D eigenvalue weighted by atomic mass is 16.6. The van der Waals surface area contributed by atoms with Gasteiger partial charge in [0, 0.05) is 6.07 Å². The lowest BCUT2D eigenvalue weighted by Crippen LogP contribution is -2.27. The maximum Gasteiger partial charge on any atom is 0.354 e. The summed E-state index contributed by atoms with van der Waals surface area (Å²) in [6.45, 7) is 4.90. The minimum atomic E-state index is -1.14. The van der Waals surface area contributed by atoms with Gasteiger partial charge in [-0.15, -0.1) is 5.10 Å². The number of carbonyl (C=O) groups is 2. The van der Waals surface area contributed by atoms with Crippen LogP contribution in [0.4, 0.5) is 0 Å². The van der Waals surface area contributed by atoms with Gasteiger partial charge in [-0.2, -0.15) is 0 Å². The van der Waals surface area contributed by atoms with Crippen molar-refractivity contribution in [1.82, 2.24) is 9.78 Å². The molecule has 1 heterocycles. The largest absolute Gasteiger partial charge is 0.477 e. The highest BCUT2D eigenvalue weighted by molar-refractivity contribution is 5.86. The maximum atomic E-state index is 11.6. The van der Waals surface area contributed by atoms with Gasteiger partial charge in [-0.1, -0.05) is 18.2 Å². The van der Waals surface area contributed by atoms with Crippen LogP contribution in [0.5, 0.6) is 5.88 Å². The van der Waals surface area contributed by atoms with Crippen molar-refractivity contribution in [3.63, 3.8) is 0 Å². The second-order valence-corrected chi connectivity index (χ2v) is 5.80. The molecule has 0 spiro atoms. The van der Waals surface area contributed by atoms with Crippen LogP contribution < -0.4 is 4.74 Å². The Morgan fingerprint density at radius 2 is 1.87 bits per heavy atom. The number of ether oxygens (including phenoxy) is 2. The van der Waals surface area contributed by atoms with Crippen molar-refractivity contribution >= 4 is 11.9 Å². The summed E-state index contributed by atoms with van der Waals surface area (Å²) in [6.07, 6.45) is 0. The molecule has 7 heteroatoms. The molecule has 0 saturated carbocycles. The minimum Gasteiger partial charge on any atom is -0.477 e. The zero-order chi connectivity index (χ0) is 17.0. The number of hydrogen-bond donors (Lipinski definition) is 1. The lowest BCUT2D eigenvalue weighted by Gasteiger charge is -2.19. The van der Waals surface area contributed by atoms with E-state index in [9.17, 15) is 14.7 Å². The summed E-state index contributed by atoms with van der Waals surface area (Å²) in [5.41, 5.74) is -0.0943. The summed E-state index contributed by atoms with van der Waals surface area (Å²) in [5, 5.41) is 13.3. The maximum absolute atomic E-state index is 11.6. The number of hydrogen-bond acceptors (Lipinski definition) is 5. The van der Waals surface area contributed by atoms with Gasteiger partial charge in [0.15, 0.2) is 12.3 Å². The molecule has 2 aromatic rings. The van der Waals surface area contributed by atoms with Gasteiger partial charge in [0.2, 0.25) is 5.88 Å². The number of carboxylic acids is 1. The Hall–Kier alpha value is -2.83. The number of benzene rings is 1. The van der Waals surface area contributed by atoms with Crippen molar-refractivity contribution < 1.29 is 24.2 Å². The molecule has 0 bridgehead atoms. The van der Waals surface area contributed by atoms with E-state index in [1.165, 1.54) is 10.7 Å². The zero-order valence-corrected chi connectivity index (χ0v) is 13.1. The van der Waals surface area contributed by atoms with Gasteiger partial charge in [0.25, 0.3) is 0 Å². The second kappa shape index (κ2) is 6.51. The number of rotatable bonds is 5. The van der Waals surface area contributed by atoms with Crippen molar-refractivity contribution in [1.29, 1.82) is 0 Å². The second-order valence-electron chi connectivity index (χ2n) is 5.80. The molecule has 1 N–H and O–H groups in total. The SMILES string of the molecule is CC(C)(C)OC(=O)COc1cc(C(=O)O)n(-c2ccccc2)n1. The quantitative estimate of drug-likeness (QED) is 0.851. The fourth-order valence-corrected chi connectivity index (χ4v) is 1.85. The molecule has 122 valence electrons. The number of nitrogens with zero attached hydrogens (tertiary/aromatic N) is 2. The normalized spacial score (nSPS) is 11.1. The van der Waals surface area contributed by atoms with Gasteiger partial charge in [0.1, 0.15) is 5.60 Å². The van der Waals surface area contributed by atoms with Crippen LogP contribution >= 0.6 is 0 Å². The zero-order valence-electron chi connectivity index (χ0n) is 13.1. The predicted molar refractivity (Wildman–Crippen MR) is 81.9 cm³/mol. The molecule has 1 aromatic heterocycles. The molecule has 0 amide bonds. The van der Waals surface area contributed by atoms with Gasteiger partial charge in [0.05, 0.1) is 5.69 Å². The van der Waals surface area contributed by atoms with E-state index in [-0.39, 0.29) is 18.2 Å². The number of aromatic carboxylic acids is 1. The van der Waals surface area contributed by atoms with Crippen LogP contribution in [0.2, 0.25) is 0 Å². The van der Waals surface area contributed by atoms with Crippen LogP contribution in [0.15, 0.2) is 36.4 Å². The summed E-state index contributed by atoms with van der Waals surface area (Å²) >= 11 is 0. The summed E-state index contributed by atoms with van der Waals surface area (Å²) in [6, 6.07) is 10.1. The smallest absolute Gasteiger partial charge is 0.354 e. The van der Waals surface area contributed by atoms with Crippen LogP contribution in [0, 0.1) is 0 Å². The Bertz CT molecular complexity index is 701. The third-order valence-electron chi connectivity index (χ3n) is 2.66. The first-order chi connectivity index (χ1) is 10.8. The molecular formula is C16H18N2O5. The van der Waals surface area contributed by atoms with E-state index in [1.807, 2.05) is 6.07 Å². The minimum absolute atomic E-state index is 0.0390. The first-order valence-electron chi connectivity index (χ1n) is 7.00. The van der Waals surface area contributed by atoms with E-state index in [0.717, 1.165) is 0 Å². The Morgan fingerprint density at radius 1 is 1.22 bits per heavy atom. The number of carboxylic acid groups (broad SMARTS) is 1. The molecule has 0 radical (unpaired) electrons. The third-order valence-corrected chi connectivity index (χ3v) is 2.66. The summed E-state index contributed by atoms with van der Waals surface area (Å²) in [7, 11) is 0. The van der Waals surface area contributed by atoms with E-state index in [2.05, 4.69) is 5.10 Å². The average molecular weight is 318 g/mol. The molecule has 0 saturated heterocycles. The Morgan fingerprint density at radius 3 is 2.43 bits per heavy atom. The standard InChI is InChI=1S/C16H18N2O5/c1-16(2,3)23-14(19)10-22-13-9-12(15(20)21)18(17-13)11-7-5-4-6-8-11/h4-9H,10H2,1-3H3,(H,20,21). The van der Waals surface area contributed by atoms with Crippen LogP contribution in [-0.2, 0) is 9.53 Å². The Kier molecular flexibility index (Phi) is 4.68. The number of carbonyl (C=O) groups excluding carboxylic acids is 1. The van der Waals surface area contributed by atoms with E-state index in [4.69, 9.17) is 9.47 Å². The average Bonchev–Trinajstić information content (AvgIpc) is 2.89. The monoisotopic (exact) mass is 318 g/mol. The van der Waals surface area contributed by atoms with E-state index in [0.29, 0.717) is 5.69 Å². The summed E-state index contributed by atoms with van der Waals surface area (Å²) in [5.74, 6) is -1.66. The van der Waals surface area contributed by atoms with Crippen molar-refractivity contribution in [2.75, 3.05) is 6.61 Å². The molecular weight excluding hydrogens is 300 g/mol. The van der Waals surface area contributed by atoms with E-state index < -0.39 is 17.5 Å². The number of aromatic nitrogens is 2. The fourth-order valence-electron chi connectivity index (χ4n) is 1.85. The molecule has 0 atom stereocenters. The van der Waals surface area contributed by atoms with Gasteiger partial charge in [-0.25, -0.2) is 14.3 Å². The number of esters is 1. The van der Waals surface area contributed by atoms with Crippen molar-refractivity contribution in [2.45, 2.75) is 26.4 Å². The molecule has 2 rings (SSSR count). The number of para-hydroxylation sites is 1. The fraction of sp³-hybridized carbons (Fsp3) is 0.312. The van der Waals surface area contributed by atoms with Crippen molar-refractivity contribution in [3.05, 3.63) is 42.1 Å². The first kappa shape index (κ1) is 16.5. The highest BCUT2D eigenvalue weighted by Crippen LogP contribution is 2.17. The van der Waals surface area contributed by atoms with E-state index in [1.54, 1.807) is 45.0 Å². The highest BCUT2D eigenvalue weighted by Gasteiger charge is 2.19. The van der Waals surface area contributed by atoms with Crippen LogP contribution in [0.3, 0.4) is 0 Å². The van der Waals surface area contributed by atoms with Gasteiger partial charge in [-0.3, -0.25) is 0 Å². The predicted octanol–water partition coefficient (Wildman–Crippen LogP) is 2.29. The van der Waals surface area contributed by atoms with Crippen LogP contribution in [0.25, 0.3) is 5.69 Å². The summed E-state index contributed by atoms with van der Waals surface area (Å²) < 4.78 is 11.6. The van der Waals surface area contributed by atoms with Gasteiger partial charge < -0.3 is 14.6 Å². The molecule has 1 aromatic carbocycles. The van der Waals surface area contributed by atoms with Crippen molar-refractivity contribution in [3.8, 4) is 11.6 Å². The molecule has 7 nitrogen and oxygen atoms in total. The molecule has 0 aliphatic heterocycles. The molecule has 0 unspecified atom stereocenters. The van der Waals surface area contributed by atoms with E-state index >= 15 is 0 Å². The molecule has 0 fully saturated rings. The van der Waals surface area contributed by atoms with Crippen LogP contribution in [0.1, 0.15) is 31.3 Å². The lowest BCUT2D eigenvalue weighted by atomic mass is 10.2. The third kappa shape index (κ3) is 4.57. The van der Waals surface area contributed by atoms with Gasteiger partial charge >= 0.3 is 11.9 Å². The molecule has 23 heavy (non-hydrogen) atoms. The lowest BCUT2D eigenvalue weighted by molar-refractivity contribution is -0.157. The van der Waals surface area contributed by atoms with Gasteiger partial charge in [-0.05, 0) is 32.9 Å². The molecule has 0 aliphatic rings. The topological polar surface area (TPSA) is 90.6 Å². The summed E-state index contributed by atoms with van der Waals surface area (Å²) in [4.78, 5) is 23.0. The Labute approximate surface area is 133 Å². The van der Waals surface area contributed by atoms with Crippen LogP contribution in [-0.4, -0.2) is 39.0 Å². The Balaban J connectivity index is 2.15. The van der Waals surface area contributed by atoms with Crippen molar-refractivity contribution in [2.24, 2.45) is 0 Å². The first-order valence-corrected chi connectivity index (χ1v) is 7.00.